The number of pyridine rings is 1. The smallest absolute Gasteiger partial charge is 0.225 e. The van der Waals surface area contributed by atoms with Gasteiger partial charge in [0.2, 0.25) is 65.3 Å². The molecule has 0 aliphatic heterocycles. The number of nitrogen functional groups attached to an aromatic ring is 10. The van der Waals surface area contributed by atoms with E-state index >= 15 is 0 Å². The Morgan fingerprint density at radius 3 is 1.25 bits per heavy atom. The molecule has 0 spiro atoms. The minimum atomic E-state index is 0.0627. The first-order valence-corrected chi connectivity index (χ1v) is 27.9. The molecular weight excluding hydrogens is 1140 g/mol. The number of benzene rings is 2. The Balaban J connectivity index is 0.000000248. The van der Waals surface area contributed by atoms with E-state index in [9.17, 15) is 0 Å². The first-order chi connectivity index (χ1) is 42.3. The molecule has 2 aromatic carbocycles. The molecule has 0 saturated heterocycles. The second-order valence-electron chi connectivity index (χ2n) is 20.1. The minimum absolute atomic E-state index is 0.0627. The van der Waals surface area contributed by atoms with Gasteiger partial charge in [-0.2, -0.15) is 74.8 Å². The predicted octanol–water partition coefficient (Wildman–Crippen LogP) is 5.87. The normalized spacial score (nSPS) is 11.3. The van der Waals surface area contributed by atoms with Crippen molar-refractivity contribution in [2.45, 2.75) is 106 Å². The molecule has 2 unspecified atom stereocenters. The molecular formula is C58H82N26O5. The van der Waals surface area contributed by atoms with Crippen LogP contribution in [0.3, 0.4) is 0 Å². The third-order valence-corrected chi connectivity index (χ3v) is 11.5. The summed E-state index contributed by atoms with van der Waals surface area (Å²) in [6.07, 6.45) is 5.22. The van der Waals surface area contributed by atoms with E-state index in [1.807, 2.05) is 69.3 Å². The van der Waals surface area contributed by atoms with Gasteiger partial charge in [0.15, 0.2) is 34.8 Å². The van der Waals surface area contributed by atoms with Crippen LogP contribution in [0.15, 0.2) is 60.7 Å². The average Bonchev–Trinajstić information content (AvgIpc) is 1.84. The van der Waals surface area contributed by atoms with E-state index in [-0.39, 0.29) is 71.7 Å². The zero-order chi connectivity index (χ0) is 65.7. The molecule has 6 aromatic heterocycles. The Bertz CT molecular complexity index is 3490. The highest BCUT2D eigenvalue weighted by Crippen LogP contribution is 2.33. The fraction of sp³-hybridized carbons (Fsp3) is 0.379. The number of methoxy groups -OCH3 is 2. The van der Waals surface area contributed by atoms with E-state index < -0.39 is 0 Å². The summed E-state index contributed by atoms with van der Waals surface area (Å²) < 4.78 is 28.0. The highest BCUT2D eigenvalue weighted by atomic mass is 16.5. The molecule has 31 heteroatoms. The summed E-state index contributed by atoms with van der Waals surface area (Å²) >= 11 is 0. The van der Waals surface area contributed by atoms with E-state index in [4.69, 9.17) is 81.0 Å². The van der Waals surface area contributed by atoms with Gasteiger partial charge in [-0.05, 0) is 99.9 Å². The van der Waals surface area contributed by atoms with Gasteiger partial charge in [0.05, 0.1) is 32.0 Å². The lowest BCUT2D eigenvalue weighted by atomic mass is 10.0. The highest BCUT2D eigenvalue weighted by Gasteiger charge is 2.16. The van der Waals surface area contributed by atoms with Crippen molar-refractivity contribution in [3.63, 3.8) is 0 Å². The summed E-state index contributed by atoms with van der Waals surface area (Å²) in [7, 11) is 3.35. The molecule has 2 atom stereocenters. The predicted molar refractivity (Wildman–Crippen MR) is 346 cm³/mol. The van der Waals surface area contributed by atoms with Crippen LogP contribution in [0.2, 0.25) is 0 Å². The van der Waals surface area contributed by atoms with Crippen LogP contribution in [-0.4, -0.2) is 126 Å². The second-order valence-corrected chi connectivity index (χ2v) is 20.1. The minimum Gasteiger partial charge on any atom is -0.493 e. The number of nitrogens with two attached hydrogens (primary N) is 10. The Hall–Kier alpha value is -10.7. The molecule has 474 valence electrons. The van der Waals surface area contributed by atoms with Gasteiger partial charge in [-0.25, -0.2) is 0 Å². The topological polar surface area (TPSA) is 513 Å². The fourth-order valence-corrected chi connectivity index (χ4v) is 6.91. The summed E-state index contributed by atoms with van der Waals surface area (Å²) in [5.41, 5.74) is 59.3. The largest absolute Gasteiger partial charge is 0.493 e. The van der Waals surface area contributed by atoms with Crippen molar-refractivity contribution in [1.29, 1.82) is 0 Å². The van der Waals surface area contributed by atoms with E-state index in [1.54, 1.807) is 39.4 Å². The van der Waals surface area contributed by atoms with Crippen LogP contribution in [0.4, 0.5) is 59.5 Å². The van der Waals surface area contributed by atoms with Crippen molar-refractivity contribution in [3.05, 3.63) is 83.7 Å². The van der Waals surface area contributed by atoms with Crippen LogP contribution in [-0.2, 0) is 9.47 Å². The molecule has 0 radical (unpaired) electrons. The van der Waals surface area contributed by atoms with E-state index in [1.165, 1.54) is 0 Å². The summed E-state index contributed by atoms with van der Waals surface area (Å²) in [4.78, 5) is 63.0. The number of nitrogens with zero attached hydrogens (tertiary/aromatic N) is 16. The van der Waals surface area contributed by atoms with E-state index in [0.717, 1.165) is 41.1 Å². The number of rotatable bonds is 19. The molecule has 31 nitrogen and oxygen atoms in total. The SMILES string of the molecule is C/C=C/c1nc(N)nc(N)n1.CC#Cc1nc(N)nc(N)n1.CC(C)COc1cccc(-c2nc(N)nc(N)n2)c1.CC(C)c1cc(-c2nc(N)nc(N)n2)cc(C(C)C)n1.COC(C)CCOc1ccc(-c2nc(N)nc(N)n2)cc1OCCC(C)OC. The van der Waals surface area contributed by atoms with Crippen LogP contribution in [0, 0.1) is 17.8 Å². The summed E-state index contributed by atoms with van der Waals surface area (Å²) in [6, 6.07) is 16.9. The van der Waals surface area contributed by atoms with E-state index in [0.29, 0.717) is 83.8 Å². The highest BCUT2D eigenvalue weighted by molar-refractivity contribution is 5.63. The van der Waals surface area contributed by atoms with Gasteiger partial charge in [-0.3, -0.25) is 4.98 Å². The van der Waals surface area contributed by atoms with Crippen molar-refractivity contribution in [2.75, 3.05) is 91.4 Å². The fourth-order valence-electron chi connectivity index (χ4n) is 6.91. The first-order valence-electron chi connectivity index (χ1n) is 27.9. The van der Waals surface area contributed by atoms with Crippen LogP contribution in [0.1, 0.15) is 117 Å². The van der Waals surface area contributed by atoms with Gasteiger partial charge in [-0.1, -0.05) is 65.7 Å². The van der Waals surface area contributed by atoms with E-state index in [2.05, 4.69) is 133 Å². The Kier molecular flexibility index (Phi) is 28.3. The molecule has 0 aliphatic carbocycles. The molecule has 89 heavy (non-hydrogen) atoms. The Labute approximate surface area is 517 Å². The summed E-state index contributed by atoms with van der Waals surface area (Å²) in [5, 5.41) is 0. The van der Waals surface area contributed by atoms with Crippen molar-refractivity contribution >= 4 is 65.6 Å². The van der Waals surface area contributed by atoms with Crippen LogP contribution >= 0.6 is 0 Å². The number of anilines is 10. The maximum atomic E-state index is 5.95. The maximum absolute atomic E-state index is 5.95. The molecule has 0 amide bonds. The molecule has 0 aliphatic rings. The lowest BCUT2D eigenvalue weighted by molar-refractivity contribution is 0.0907. The lowest BCUT2D eigenvalue weighted by Gasteiger charge is -2.16. The van der Waals surface area contributed by atoms with Crippen molar-refractivity contribution in [2.24, 2.45) is 5.92 Å². The third kappa shape index (κ3) is 25.4. The van der Waals surface area contributed by atoms with Gasteiger partial charge >= 0.3 is 0 Å². The Morgan fingerprint density at radius 2 is 0.843 bits per heavy atom. The van der Waals surface area contributed by atoms with Crippen LogP contribution in [0.5, 0.6) is 17.2 Å². The van der Waals surface area contributed by atoms with Crippen molar-refractivity contribution in [3.8, 4) is 63.3 Å². The second kappa shape index (κ2) is 35.7. The number of aromatic nitrogens is 16. The lowest BCUT2D eigenvalue weighted by Crippen LogP contribution is -2.13. The molecule has 0 bridgehead atoms. The average molecular weight is 1220 g/mol. The van der Waals surface area contributed by atoms with Gasteiger partial charge in [-0.15, -0.1) is 0 Å². The van der Waals surface area contributed by atoms with Gasteiger partial charge in [0.25, 0.3) is 0 Å². The zero-order valence-electron chi connectivity index (χ0n) is 52.2. The Morgan fingerprint density at radius 1 is 0.438 bits per heavy atom. The van der Waals surface area contributed by atoms with Gasteiger partial charge < -0.3 is 81.0 Å². The molecule has 20 N–H and O–H groups in total. The van der Waals surface area contributed by atoms with Crippen LogP contribution < -0.4 is 71.5 Å². The molecule has 0 fully saturated rings. The number of hydrogen-bond acceptors (Lipinski definition) is 31. The number of ether oxygens (including phenoxy) is 5. The first kappa shape index (κ1) is 70.7. The van der Waals surface area contributed by atoms with Gasteiger partial charge in [0.1, 0.15) is 5.75 Å². The quantitative estimate of drug-likeness (QED) is 0.0423. The third-order valence-electron chi connectivity index (χ3n) is 11.5. The zero-order valence-corrected chi connectivity index (χ0v) is 52.2. The van der Waals surface area contributed by atoms with Crippen LogP contribution in [0.25, 0.3) is 40.2 Å². The molecule has 0 saturated carbocycles. The summed E-state index contributed by atoms with van der Waals surface area (Å²) in [5.74, 6) is 11.5. The molecule has 8 rings (SSSR count). The standard InChI is InChI=1S/C19H29N5O4.C14H20N6.C13H17N5O.C6H9N5.C6H7N5/c1-12(25-3)7-9-27-15-6-5-14(17-22-18(20)24-19(21)23-17)11-16(15)28-10-8-13(2)26-4;1-7(2)10-5-9(6-11(17-10)8(3)4)12-18-13(15)20-14(16)19-12;1-8(2)7-19-10-5-3-4-9(6-10)11-16-12(14)18-13(15)17-11;2*1-2-3-4-9-5(7)11-6(8)10-4/h5-6,11-13H,7-10H2,1-4H3,(H4,20,21,22,23,24);5-8H,1-4H3,(H4,15,16,18,19,20);3-6,8H,7H2,1-2H3,(H4,14,15,16,17,18);2-3H,1H3,(H4,7,8,9,10,11);1H3,(H4,7,8,9,10,11)/b;;;3-2+;. The molecule has 8 aromatic rings. The van der Waals surface area contributed by atoms with Crippen molar-refractivity contribution in [1.82, 2.24) is 79.7 Å². The van der Waals surface area contributed by atoms with Gasteiger partial charge in [0, 0.05) is 55.1 Å². The monoisotopic (exact) mass is 1220 g/mol. The number of hydrogen-bond donors (Lipinski definition) is 10. The number of allylic oxidation sites excluding steroid dienone is 1. The molecule has 6 heterocycles. The van der Waals surface area contributed by atoms with Crippen molar-refractivity contribution < 1.29 is 23.7 Å². The summed E-state index contributed by atoms with van der Waals surface area (Å²) in [6.45, 7) is 21.8. The maximum Gasteiger partial charge on any atom is 0.225 e.